The number of fused-ring (bicyclic) bond motifs is 1. The fourth-order valence-corrected chi connectivity index (χ4v) is 3.95. The molecule has 29 heavy (non-hydrogen) atoms. The lowest BCUT2D eigenvalue weighted by Gasteiger charge is -2.29. The maximum absolute atomic E-state index is 12.6. The van der Waals surface area contributed by atoms with Gasteiger partial charge in [-0.25, -0.2) is 0 Å². The Bertz CT molecular complexity index is 997. The van der Waals surface area contributed by atoms with Crippen molar-refractivity contribution in [2.24, 2.45) is 0 Å². The summed E-state index contributed by atoms with van der Waals surface area (Å²) in [7, 11) is 1.62. The van der Waals surface area contributed by atoms with Gasteiger partial charge in [0.2, 0.25) is 5.91 Å². The highest BCUT2D eigenvalue weighted by atomic mass is 16.5. The van der Waals surface area contributed by atoms with Crippen molar-refractivity contribution in [2.75, 3.05) is 19.0 Å². The topological polar surface area (TPSA) is 41.6 Å². The first-order chi connectivity index (χ1) is 14.2. The Morgan fingerprint density at radius 1 is 1.07 bits per heavy atom. The Hall–Kier alpha value is -2.85. The van der Waals surface area contributed by atoms with E-state index in [4.69, 9.17) is 4.74 Å². The molecule has 1 saturated carbocycles. The highest BCUT2D eigenvalue weighted by Gasteiger charge is 2.32. The number of rotatable bonds is 8. The first-order valence-electron chi connectivity index (χ1n) is 10.3. The molecule has 3 aromatic carbocycles. The van der Waals surface area contributed by atoms with Crippen LogP contribution in [0.15, 0.2) is 66.7 Å². The average Bonchev–Trinajstić information content (AvgIpc) is 3.59. The number of amides is 1. The molecule has 1 amide bonds. The predicted molar refractivity (Wildman–Crippen MR) is 118 cm³/mol. The second-order valence-corrected chi connectivity index (χ2v) is 7.75. The van der Waals surface area contributed by atoms with Gasteiger partial charge in [0.25, 0.3) is 0 Å². The van der Waals surface area contributed by atoms with Crippen LogP contribution in [0.4, 0.5) is 5.69 Å². The van der Waals surface area contributed by atoms with Crippen molar-refractivity contribution in [1.82, 2.24) is 4.90 Å². The highest BCUT2D eigenvalue weighted by molar-refractivity contribution is 5.92. The Kier molecular flexibility index (Phi) is 5.81. The average molecular weight is 389 g/mol. The summed E-state index contributed by atoms with van der Waals surface area (Å²) in [6.07, 6.45) is 2.89. The number of ether oxygens (including phenoxy) is 1. The normalized spacial score (nSPS) is 14.7. The SMILES string of the molecule is COc1ccccc1NC(=O)CCN(C1CC1)C(C)c1ccc2ccccc2c1. The van der Waals surface area contributed by atoms with Crippen LogP contribution in [-0.2, 0) is 4.79 Å². The third-order valence-electron chi connectivity index (χ3n) is 5.75. The molecule has 1 fully saturated rings. The second kappa shape index (κ2) is 8.66. The van der Waals surface area contributed by atoms with E-state index >= 15 is 0 Å². The maximum atomic E-state index is 12.6. The smallest absolute Gasteiger partial charge is 0.225 e. The Morgan fingerprint density at radius 3 is 2.55 bits per heavy atom. The Morgan fingerprint density at radius 2 is 1.79 bits per heavy atom. The number of hydrogen-bond donors (Lipinski definition) is 1. The van der Waals surface area contributed by atoms with Gasteiger partial charge >= 0.3 is 0 Å². The molecule has 1 N–H and O–H groups in total. The zero-order valence-corrected chi connectivity index (χ0v) is 17.1. The monoisotopic (exact) mass is 388 g/mol. The third-order valence-corrected chi connectivity index (χ3v) is 5.75. The first kappa shape index (κ1) is 19.5. The van der Waals surface area contributed by atoms with Gasteiger partial charge in [-0.15, -0.1) is 0 Å². The summed E-state index contributed by atoms with van der Waals surface area (Å²) in [6, 6.07) is 23.5. The number of benzene rings is 3. The lowest BCUT2D eigenvalue weighted by Crippen LogP contribution is -2.32. The fraction of sp³-hybridized carbons (Fsp3) is 0.320. The fourth-order valence-electron chi connectivity index (χ4n) is 3.95. The molecule has 1 aliphatic rings. The van der Waals surface area contributed by atoms with Crippen molar-refractivity contribution < 1.29 is 9.53 Å². The molecule has 0 aromatic heterocycles. The van der Waals surface area contributed by atoms with Crippen LogP contribution < -0.4 is 10.1 Å². The van der Waals surface area contributed by atoms with E-state index in [1.54, 1.807) is 7.11 Å². The van der Waals surface area contributed by atoms with Gasteiger partial charge in [-0.2, -0.15) is 0 Å². The van der Waals surface area contributed by atoms with Gasteiger partial charge in [0, 0.05) is 25.0 Å². The number of para-hydroxylation sites is 2. The largest absolute Gasteiger partial charge is 0.495 e. The molecule has 0 aliphatic heterocycles. The number of nitrogens with zero attached hydrogens (tertiary/aromatic N) is 1. The molecule has 0 radical (unpaired) electrons. The van der Waals surface area contributed by atoms with Crippen LogP contribution in [0.2, 0.25) is 0 Å². The third kappa shape index (κ3) is 4.60. The molecule has 4 nitrogen and oxygen atoms in total. The van der Waals surface area contributed by atoms with Crippen molar-refractivity contribution in [2.45, 2.75) is 38.3 Å². The molecule has 4 rings (SSSR count). The summed E-state index contributed by atoms with van der Waals surface area (Å²) in [6.45, 7) is 3.00. The molecular weight excluding hydrogens is 360 g/mol. The van der Waals surface area contributed by atoms with Gasteiger partial charge in [0.15, 0.2) is 0 Å². The Labute approximate surface area is 172 Å². The predicted octanol–water partition coefficient (Wildman–Crippen LogP) is 5.40. The molecule has 1 unspecified atom stereocenters. The minimum Gasteiger partial charge on any atom is -0.495 e. The number of carbonyl (C=O) groups is 1. The number of carbonyl (C=O) groups excluding carboxylic acids is 1. The molecule has 0 spiro atoms. The van der Waals surface area contributed by atoms with E-state index in [1.165, 1.54) is 29.2 Å². The van der Waals surface area contributed by atoms with Crippen molar-refractivity contribution in [3.8, 4) is 5.75 Å². The van der Waals surface area contributed by atoms with E-state index in [1.807, 2.05) is 24.3 Å². The van der Waals surface area contributed by atoms with E-state index in [0.29, 0.717) is 18.2 Å². The summed E-state index contributed by atoms with van der Waals surface area (Å²) in [4.78, 5) is 15.0. The van der Waals surface area contributed by atoms with Gasteiger partial charge in [0.05, 0.1) is 12.8 Å². The molecule has 3 aromatic rings. The highest BCUT2D eigenvalue weighted by Crippen LogP contribution is 2.35. The van der Waals surface area contributed by atoms with Crippen LogP contribution in [0.1, 0.15) is 37.8 Å². The van der Waals surface area contributed by atoms with Crippen LogP contribution in [0, 0.1) is 0 Å². The van der Waals surface area contributed by atoms with Gasteiger partial charge in [-0.3, -0.25) is 9.69 Å². The van der Waals surface area contributed by atoms with Crippen molar-refractivity contribution in [1.29, 1.82) is 0 Å². The van der Waals surface area contributed by atoms with Crippen molar-refractivity contribution in [3.63, 3.8) is 0 Å². The standard InChI is InChI=1S/C25H28N2O2/c1-18(20-12-11-19-7-3-4-8-21(19)17-20)27(22-13-14-22)16-15-25(28)26-23-9-5-6-10-24(23)29-2/h3-12,17-18,22H,13-16H2,1-2H3,(H,26,28). The van der Waals surface area contributed by atoms with Crippen LogP contribution in [-0.4, -0.2) is 30.5 Å². The quantitative estimate of drug-likeness (QED) is 0.561. The summed E-state index contributed by atoms with van der Waals surface area (Å²) < 4.78 is 5.33. The number of methoxy groups -OCH3 is 1. The van der Waals surface area contributed by atoms with E-state index in [2.05, 4.69) is 59.6 Å². The lowest BCUT2D eigenvalue weighted by molar-refractivity contribution is -0.116. The minimum absolute atomic E-state index is 0.0193. The van der Waals surface area contributed by atoms with Crippen LogP contribution in [0.5, 0.6) is 5.75 Å². The Balaban J connectivity index is 1.43. The van der Waals surface area contributed by atoms with E-state index in [0.717, 1.165) is 12.2 Å². The van der Waals surface area contributed by atoms with E-state index in [-0.39, 0.29) is 11.9 Å². The number of hydrogen-bond acceptors (Lipinski definition) is 3. The maximum Gasteiger partial charge on any atom is 0.225 e. The summed E-state index contributed by atoms with van der Waals surface area (Å²) in [5.41, 5.74) is 2.03. The zero-order valence-electron chi connectivity index (χ0n) is 17.1. The number of anilines is 1. The number of nitrogens with one attached hydrogen (secondary N) is 1. The van der Waals surface area contributed by atoms with E-state index in [9.17, 15) is 4.79 Å². The van der Waals surface area contributed by atoms with Gasteiger partial charge in [-0.1, -0.05) is 48.5 Å². The molecule has 0 heterocycles. The molecule has 1 aliphatic carbocycles. The van der Waals surface area contributed by atoms with Crippen LogP contribution >= 0.6 is 0 Å². The summed E-state index contributed by atoms with van der Waals surface area (Å²) >= 11 is 0. The van der Waals surface area contributed by atoms with E-state index < -0.39 is 0 Å². The molecule has 1 atom stereocenters. The van der Waals surface area contributed by atoms with Crippen LogP contribution in [0.25, 0.3) is 10.8 Å². The zero-order chi connectivity index (χ0) is 20.2. The summed E-state index contributed by atoms with van der Waals surface area (Å²) in [5.74, 6) is 0.704. The minimum atomic E-state index is 0.0193. The molecule has 0 saturated heterocycles. The molecule has 4 heteroatoms. The lowest BCUT2D eigenvalue weighted by atomic mass is 10.0. The van der Waals surface area contributed by atoms with Gasteiger partial charge in [-0.05, 0) is 54.3 Å². The molecule has 150 valence electrons. The second-order valence-electron chi connectivity index (χ2n) is 7.75. The first-order valence-corrected chi connectivity index (χ1v) is 10.3. The van der Waals surface area contributed by atoms with Gasteiger partial charge < -0.3 is 10.1 Å². The van der Waals surface area contributed by atoms with Crippen LogP contribution in [0.3, 0.4) is 0 Å². The molecule has 0 bridgehead atoms. The summed E-state index contributed by atoms with van der Waals surface area (Å²) in [5, 5.41) is 5.52. The van der Waals surface area contributed by atoms with Crippen molar-refractivity contribution >= 4 is 22.4 Å². The molecular formula is C25H28N2O2. The van der Waals surface area contributed by atoms with Gasteiger partial charge in [0.1, 0.15) is 5.75 Å². The van der Waals surface area contributed by atoms with Crippen molar-refractivity contribution in [3.05, 3.63) is 72.3 Å².